The molecule has 2 N–H and O–H groups in total. The number of carbonyl (C=O) groups excluding carboxylic acids is 4. The lowest BCUT2D eigenvalue weighted by atomic mass is 9.94. The van der Waals surface area contributed by atoms with Crippen LogP contribution in [-0.4, -0.2) is 47.9 Å². The van der Waals surface area contributed by atoms with Crippen LogP contribution in [0.15, 0.2) is 73.1 Å². The average molecular weight is 573 g/mol. The van der Waals surface area contributed by atoms with Crippen LogP contribution in [-0.2, 0) is 9.47 Å². The van der Waals surface area contributed by atoms with E-state index >= 15 is 0 Å². The number of esters is 2. The van der Waals surface area contributed by atoms with Gasteiger partial charge in [0.05, 0.1) is 25.3 Å². The normalized spacial score (nSPS) is 10.0. The van der Waals surface area contributed by atoms with Gasteiger partial charge in [-0.2, -0.15) is 0 Å². The van der Waals surface area contributed by atoms with Crippen molar-refractivity contribution in [2.24, 2.45) is 0 Å². The zero-order valence-electron chi connectivity index (χ0n) is 24.3. The molecule has 42 heavy (non-hydrogen) atoms. The van der Waals surface area contributed by atoms with Crippen LogP contribution in [0, 0.1) is 13.8 Å². The maximum absolute atomic E-state index is 12.8. The molecule has 10 heteroatoms. The summed E-state index contributed by atoms with van der Waals surface area (Å²) >= 11 is 0. The quantitative estimate of drug-likeness (QED) is 0.244. The summed E-state index contributed by atoms with van der Waals surface area (Å²) in [6, 6.07) is 16.9. The maximum atomic E-state index is 12.8. The van der Waals surface area contributed by atoms with Crippen LogP contribution in [0.5, 0.6) is 0 Å². The first-order valence-electron chi connectivity index (χ1n) is 13.1. The van der Waals surface area contributed by atoms with Gasteiger partial charge in [0.2, 0.25) is 0 Å². The van der Waals surface area contributed by atoms with Crippen LogP contribution in [0.4, 0.5) is 11.4 Å². The molecule has 0 aliphatic rings. The van der Waals surface area contributed by atoms with E-state index in [0.29, 0.717) is 11.4 Å². The Labute approximate surface area is 247 Å². The van der Waals surface area contributed by atoms with Gasteiger partial charge in [0.25, 0.3) is 11.8 Å². The van der Waals surface area contributed by atoms with Crippen LogP contribution < -0.4 is 10.6 Å². The van der Waals surface area contributed by atoms with E-state index in [1.165, 1.54) is 50.9 Å². The molecule has 4 rings (SSSR count). The van der Waals surface area contributed by atoms with Gasteiger partial charge in [0, 0.05) is 26.6 Å². The number of ether oxygens (including phenoxy) is 2. The summed E-state index contributed by atoms with van der Waals surface area (Å²) in [4.78, 5) is 57.1. The Morgan fingerprint density at radius 2 is 1.00 bits per heavy atom. The standard InChI is InChI=1S/C30H26N4O6.C2H6.2H2/c1-17-21(7-5-9-23(17)33-27(35)25-13-11-19(15-31-25)29(37)39-3)22-8-6-10-24(18(22)2)34-28(36)26-14-12-20(16-32-26)30(38)40-4;1-2;;/h5-16H,1-4H3,(H,33,35)(H,34,36);1-2H3;2*1H. The van der Waals surface area contributed by atoms with Gasteiger partial charge in [-0.05, 0) is 72.5 Å². The number of nitrogens with zero attached hydrogens (tertiary/aromatic N) is 2. The number of anilines is 2. The van der Waals surface area contributed by atoms with E-state index in [0.717, 1.165) is 22.3 Å². The first kappa shape index (κ1) is 31.2. The predicted molar refractivity (Wildman–Crippen MR) is 164 cm³/mol. The summed E-state index contributed by atoms with van der Waals surface area (Å²) in [5, 5.41) is 5.75. The summed E-state index contributed by atoms with van der Waals surface area (Å²) in [5.41, 5.74) is 5.31. The molecule has 0 spiro atoms. The van der Waals surface area contributed by atoms with Crippen molar-refractivity contribution in [3.05, 3.63) is 107 Å². The molecule has 0 aliphatic heterocycles. The second-order valence-electron chi connectivity index (χ2n) is 8.71. The van der Waals surface area contributed by atoms with Gasteiger partial charge in [-0.15, -0.1) is 0 Å². The Morgan fingerprint density at radius 1 is 0.619 bits per heavy atom. The van der Waals surface area contributed by atoms with Gasteiger partial charge in [-0.1, -0.05) is 38.1 Å². The lowest BCUT2D eigenvalue weighted by Gasteiger charge is -2.17. The number of rotatable bonds is 7. The highest BCUT2D eigenvalue weighted by Gasteiger charge is 2.17. The Bertz CT molecular complexity index is 1490. The SMILES string of the molecule is CC.COC(=O)c1ccc(C(=O)Nc2cccc(-c3cccc(NC(=O)c4ccc(C(=O)OC)cn4)c3C)c2C)nc1.[HH].[HH]. The van der Waals surface area contributed by atoms with Crippen LogP contribution in [0.25, 0.3) is 11.1 Å². The highest BCUT2D eigenvalue weighted by Crippen LogP contribution is 2.34. The number of aromatic nitrogens is 2. The summed E-state index contributed by atoms with van der Waals surface area (Å²) < 4.78 is 9.32. The van der Waals surface area contributed by atoms with Crippen LogP contribution in [0.2, 0.25) is 0 Å². The van der Waals surface area contributed by atoms with E-state index in [9.17, 15) is 19.2 Å². The molecule has 2 aromatic heterocycles. The largest absolute Gasteiger partial charge is 0.465 e. The number of hydrogen-bond donors (Lipinski definition) is 2. The van der Waals surface area contributed by atoms with Gasteiger partial charge < -0.3 is 20.1 Å². The van der Waals surface area contributed by atoms with E-state index in [4.69, 9.17) is 0 Å². The number of pyridine rings is 2. The fourth-order valence-electron chi connectivity index (χ4n) is 4.03. The second kappa shape index (κ2) is 14.3. The van der Waals surface area contributed by atoms with E-state index in [2.05, 4.69) is 30.1 Å². The third kappa shape index (κ3) is 7.03. The van der Waals surface area contributed by atoms with E-state index < -0.39 is 23.8 Å². The third-order valence-electron chi connectivity index (χ3n) is 6.29. The Hall–Kier alpha value is -5.38. The fourth-order valence-corrected chi connectivity index (χ4v) is 4.03. The minimum atomic E-state index is -0.537. The summed E-state index contributed by atoms with van der Waals surface area (Å²) in [6.45, 7) is 7.77. The van der Waals surface area contributed by atoms with Crippen molar-refractivity contribution in [2.45, 2.75) is 27.7 Å². The predicted octanol–water partition coefficient (Wildman–Crippen LogP) is 6.36. The van der Waals surface area contributed by atoms with Crippen molar-refractivity contribution in [3.8, 4) is 11.1 Å². The van der Waals surface area contributed by atoms with Gasteiger partial charge >= 0.3 is 11.9 Å². The first-order chi connectivity index (χ1) is 20.2. The van der Waals surface area contributed by atoms with Crippen molar-refractivity contribution in [2.75, 3.05) is 24.9 Å². The highest BCUT2D eigenvalue weighted by molar-refractivity contribution is 6.05. The number of nitrogens with one attached hydrogen (secondary N) is 2. The van der Waals surface area contributed by atoms with Crippen molar-refractivity contribution in [1.29, 1.82) is 0 Å². The number of methoxy groups -OCH3 is 2. The summed E-state index contributed by atoms with van der Waals surface area (Å²) in [5.74, 6) is -1.94. The molecule has 220 valence electrons. The molecule has 0 atom stereocenters. The van der Waals surface area contributed by atoms with Crippen LogP contribution in [0.3, 0.4) is 0 Å². The molecular weight excluding hydrogens is 536 g/mol. The smallest absolute Gasteiger partial charge is 0.339 e. The molecule has 10 nitrogen and oxygen atoms in total. The molecule has 0 unspecified atom stereocenters. The van der Waals surface area contributed by atoms with Gasteiger partial charge in [-0.25, -0.2) is 9.59 Å². The highest BCUT2D eigenvalue weighted by atomic mass is 16.5. The molecule has 2 amide bonds. The lowest BCUT2D eigenvalue weighted by Crippen LogP contribution is -2.16. The molecule has 0 fully saturated rings. The Balaban J connectivity index is 0.00000237. The molecule has 2 heterocycles. The van der Waals surface area contributed by atoms with E-state index in [1.54, 1.807) is 12.1 Å². The van der Waals surface area contributed by atoms with Crippen molar-refractivity contribution < 1.29 is 31.5 Å². The van der Waals surface area contributed by atoms with Gasteiger partial charge in [0.15, 0.2) is 0 Å². The Kier molecular flexibility index (Phi) is 10.6. The number of hydrogen-bond acceptors (Lipinski definition) is 8. The van der Waals surface area contributed by atoms with Crippen LogP contribution >= 0.6 is 0 Å². The van der Waals surface area contributed by atoms with E-state index in [1.807, 2.05) is 52.0 Å². The van der Waals surface area contributed by atoms with Crippen LogP contribution in [0.1, 0.15) is 69.5 Å². The maximum Gasteiger partial charge on any atom is 0.339 e. The van der Waals surface area contributed by atoms with Gasteiger partial charge in [0.1, 0.15) is 11.4 Å². The monoisotopic (exact) mass is 572 g/mol. The number of benzene rings is 2. The molecule has 0 bridgehead atoms. The fraction of sp³-hybridized carbons (Fsp3) is 0.188. The molecule has 0 saturated heterocycles. The number of carbonyl (C=O) groups is 4. The first-order valence-corrected chi connectivity index (χ1v) is 13.1. The zero-order valence-corrected chi connectivity index (χ0v) is 24.3. The number of amides is 2. The van der Waals surface area contributed by atoms with Crippen molar-refractivity contribution in [3.63, 3.8) is 0 Å². The van der Waals surface area contributed by atoms with Crippen molar-refractivity contribution in [1.82, 2.24) is 9.97 Å². The minimum absolute atomic E-state index is 0. The lowest BCUT2D eigenvalue weighted by molar-refractivity contribution is 0.0591. The molecule has 4 aromatic rings. The third-order valence-corrected chi connectivity index (χ3v) is 6.29. The van der Waals surface area contributed by atoms with E-state index in [-0.39, 0.29) is 25.4 Å². The van der Waals surface area contributed by atoms with Crippen molar-refractivity contribution >= 4 is 35.1 Å². The second-order valence-corrected chi connectivity index (χ2v) is 8.71. The molecular formula is C32H36N4O6. The average Bonchev–Trinajstić information content (AvgIpc) is 3.03. The zero-order chi connectivity index (χ0) is 30.8. The molecule has 0 aliphatic carbocycles. The molecule has 2 aromatic carbocycles. The topological polar surface area (TPSA) is 137 Å². The minimum Gasteiger partial charge on any atom is -0.465 e. The molecule has 0 saturated carbocycles. The molecule has 0 radical (unpaired) electrons. The summed E-state index contributed by atoms with van der Waals surface area (Å²) in [6.07, 6.45) is 2.58. The Morgan fingerprint density at radius 3 is 1.31 bits per heavy atom. The summed E-state index contributed by atoms with van der Waals surface area (Å²) in [7, 11) is 2.54. The van der Waals surface area contributed by atoms with Gasteiger partial charge in [-0.3, -0.25) is 19.6 Å².